The molecule has 3 aromatic rings. The van der Waals surface area contributed by atoms with E-state index in [2.05, 4.69) is 15.0 Å². The van der Waals surface area contributed by atoms with Gasteiger partial charge in [-0.15, -0.1) is 0 Å². The Bertz CT molecular complexity index is 1270. The summed E-state index contributed by atoms with van der Waals surface area (Å²) in [6.07, 6.45) is 4.16. The van der Waals surface area contributed by atoms with Crippen LogP contribution < -0.4 is 10.5 Å². The van der Waals surface area contributed by atoms with Gasteiger partial charge in [0, 0.05) is 29.5 Å². The number of aromatic nitrogens is 2. The number of hydrogen-bond acceptors (Lipinski definition) is 7. The third-order valence-electron chi connectivity index (χ3n) is 6.51. The summed E-state index contributed by atoms with van der Waals surface area (Å²) >= 11 is 1.31. The van der Waals surface area contributed by atoms with Gasteiger partial charge >= 0.3 is 0 Å². The number of aliphatic imine (C=N–C) groups is 1. The minimum Gasteiger partial charge on any atom is -0.495 e. The second-order valence-corrected chi connectivity index (χ2v) is 9.94. The number of pyridine rings is 2. The van der Waals surface area contributed by atoms with Gasteiger partial charge in [-0.05, 0) is 43.2 Å². The van der Waals surface area contributed by atoms with Gasteiger partial charge in [0.05, 0.1) is 41.4 Å². The number of aliphatic hydroxyl groups excluding tert-OH is 1. The molecule has 9 heteroatoms. The number of amidine groups is 1. The van der Waals surface area contributed by atoms with Gasteiger partial charge in [0.2, 0.25) is 0 Å². The van der Waals surface area contributed by atoms with Crippen molar-refractivity contribution >= 4 is 27.8 Å². The van der Waals surface area contributed by atoms with Gasteiger partial charge in [0.1, 0.15) is 5.75 Å². The van der Waals surface area contributed by atoms with Crippen molar-refractivity contribution in [1.29, 1.82) is 0 Å². The normalized spacial score (nSPS) is 26.5. The van der Waals surface area contributed by atoms with Crippen molar-refractivity contribution in [3.05, 3.63) is 65.1 Å². The van der Waals surface area contributed by atoms with E-state index in [4.69, 9.17) is 10.5 Å². The lowest BCUT2D eigenvalue weighted by Gasteiger charge is -2.34. The number of methoxy groups -OCH3 is 1. The van der Waals surface area contributed by atoms with Crippen molar-refractivity contribution < 1.29 is 18.6 Å². The summed E-state index contributed by atoms with van der Waals surface area (Å²) in [5.41, 5.74) is 6.97. The molecular weight excluding hydrogens is 434 g/mol. The van der Waals surface area contributed by atoms with Crippen molar-refractivity contribution in [3.8, 4) is 5.75 Å². The number of nitrogens with two attached hydrogens (primary N) is 1. The molecule has 1 fully saturated rings. The van der Waals surface area contributed by atoms with Gasteiger partial charge in [0.15, 0.2) is 16.8 Å². The van der Waals surface area contributed by atoms with Crippen LogP contribution in [-0.4, -0.2) is 38.7 Å². The van der Waals surface area contributed by atoms with Crippen LogP contribution >= 0.6 is 11.8 Å². The number of halogens is 2. The molecule has 1 aliphatic heterocycles. The Balaban J connectivity index is 1.57. The van der Waals surface area contributed by atoms with Crippen molar-refractivity contribution in [3.63, 3.8) is 0 Å². The summed E-state index contributed by atoms with van der Waals surface area (Å²) < 4.78 is 34.5. The van der Waals surface area contributed by atoms with Crippen LogP contribution in [0.15, 0.2) is 41.7 Å². The molecule has 1 saturated carbocycles. The first kappa shape index (κ1) is 21.1. The topological polar surface area (TPSA) is 93.6 Å². The number of thioether (sulfide) groups is 1. The van der Waals surface area contributed by atoms with Crippen LogP contribution in [0.25, 0.3) is 10.9 Å². The molecule has 3 atom stereocenters. The number of benzene rings is 1. The summed E-state index contributed by atoms with van der Waals surface area (Å²) in [4.78, 5) is 13.4. The molecule has 3 N–H and O–H groups in total. The van der Waals surface area contributed by atoms with E-state index in [-0.39, 0.29) is 29.7 Å². The van der Waals surface area contributed by atoms with Gasteiger partial charge in [0.25, 0.3) is 0 Å². The molecule has 3 heterocycles. The Labute approximate surface area is 187 Å². The van der Waals surface area contributed by atoms with Crippen molar-refractivity contribution in [2.75, 3.05) is 13.7 Å². The summed E-state index contributed by atoms with van der Waals surface area (Å²) in [5.74, 6) is -1.39. The molecule has 2 aromatic heterocycles. The van der Waals surface area contributed by atoms with Gasteiger partial charge in [-0.25, -0.2) is 8.78 Å². The third kappa shape index (κ3) is 3.22. The predicted molar refractivity (Wildman–Crippen MR) is 120 cm³/mol. The number of nitrogens with zero attached hydrogens (tertiary/aromatic N) is 3. The molecule has 0 amide bonds. The van der Waals surface area contributed by atoms with E-state index in [1.54, 1.807) is 32.5 Å². The SMILES string of the molecule is COc1cnc2c(Cc3cc(F)c(F)c([C@@]4(C)N=C(N)S[C@@]5(CO)C[C@H]54)c3)nccc2c1. The molecule has 166 valence electrons. The zero-order valence-electron chi connectivity index (χ0n) is 17.6. The first-order chi connectivity index (χ1) is 15.3. The van der Waals surface area contributed by atoms with E-state index in [0.717, 1.165) is 5.39 Å². The maximum absolute atomic E-state index is 15.0. The van der Waals surface area contributed by atoms with E-state index in [0.29, 0.717) is 28.9 Å². The fraction of sp³-hybridized carbons (Fsp3) is 0.348. The summed E-state index contributed by atoms with van der Waals surface area (Å²) in [7, 11) is 1.57. The zero-order chi connectivity index (χ0) is 22.7. The summed E-state index contributed by atoms with van der Waals surface area (Å²) in [6, 6.07) is 6.49. The quantitative estimate of drug-likeness (QED) is 0.610. The lowest BCUT2D eigenvalue weighted by molar-refractivity contribution is 0.264. The maximum atomic E-state index is 15.0. The fourth-order valence-corrected chi connectivity index (χ4v) is 6.09. The number of fused-ring (bicyclic) bond motifs is 2. The Kier molecular flexibility index (Phi) is 4.86. The highest BCUT2D eigenvalue weighted by molar-refractivity contribution is 8.15. The summed E-state index contributed by atoms with van der Waals surface area (Å²) in [5, 5.41) is 11.0. The first-order valence-corrected chi connectivity index (χ1v) is 11.0. The number of hydrogen-bond donors (Lipinski definition) is 2. The van der Waals surface area contributed by atoms with Crippen LogP contribution in [0.2, 0.25) is 0 Å². The number of ether oxygens (including phenoxy) is 1. The molecule has 32 heavy (non-hydrogen) atoms. The monoisotopic (exact) mass is 456 g/mol. The zero-order valence-corrected chi connectivity index (χ0v) is 18.4. The van der Waals surface area contributed by atoms with Crippen molar-refractivity contribution in [2.24, 2.45) is 16.6 Å². The predicted octanol–water partition coefficient (Wildman–Crippen LogP) is 3.54. The molecule has 5 rings (SSSR count). The molecule has 1 aromatic carbocycles. The Morgan fingerprint density at radius 1 is 1.28 bits per heavy atom. The molecule has 0 bridgehead atoms. The molecular formula is C23H22F2N4O2S. The standard InChI is InChI=1S/C23H22F2N4O2S/c1-22(18-9-23(18,11-30)32-21(26)29-22)15-5-12(6-16(24)19(15)25)7-17-20-13(3-4-27-17)8-14(31-2)10-28-20/h3-6,8,10,18,30H,7,9,11H2,1-2H3,(H2,26,29)/t18-,22+,23+/m0/s1. The smallest absolute Gasteiger partial charge is 0.164 e. The van der Waals surface area contributed by atoms with Crippen LogP contribution in [-0.2, 0) is 12.0 Å². The molecule has 0 radical (unpaired) electrons. The Morgan fingerprint density at radius 3 is 2.84 bits per heavy atom. The second-order valence-electron chi connectivity index (χ2n) is 8.50. The minimum absolute atomic E-state index is 0.0903. The van der Waals surface area contributed by atoms with Crippen molar-refractivity contribution in [2.45, 2.75) is 30.1 Å². The maximum Gasteiger partial charge on any atom is 0.164 e. The Hall–Kier alpha value is -2.78. The highest BCUT2D eigenvalue weighted by Gasteiger charge is 2.66. The molecule has 2 aliphatic rings. The van der Waals surface area contributed by atoms with Crippen LogP contribution in [0.3, 0.4) is 0 Å². The minimum atomic E-state index is -1.06. The van der Waals surface area contributed by atoms with Gasteiger partial charge < -0.3 is 15.6 Å². The van der Waals surface area contributed by atoms with Gasteiger partial charge in [-0.1, -0.05) is 11.8 Å². The molecule has 0 unspecified atom stereocenters. The van der Waals surface area contributed by atoms with Crippen LogP contribution in [0.4, 0.5) is 8.78 Å². The average molecular weight is 457 g/mol. The Morgan fingerprint density at radius 2 is 2.09 bits per heavy atom. The number of aliphatic hydroxyl groups is 1. The van der Waals surface area contributed by atoms with E-state index in [1.807, 2.05) is 12.1 Å². The van der Waals surface area contributed by atoms with Gasteiger partial charge in [-0.3, -0.25) is 15.0 Å². The molecule has 1 aliphatic carbocycles. The molecule has 6 nitrogen and oxygen atoms in total. The highest BCUT2D eigenvalue weighted by Crippen LogP contribution is 2.65. The highest BCUT2D eigenvalue weighted by atomic mass is 32.2. The van der Waals surface area contributed by atoms with Crippen molar-refractivity contribution in [1.82, 2.24) is 9.97 Å². The second kappa shape index (κ2) is 7.38. The van der Waals surface area contributed by atoms with Crippen LogP contribution in [0.1, 0.15) is 30.2 Å². The van der Waals surface area contributed by atoms with Gasteiger partial charge in [-0.2, -0.15) is 0 Å². The van der Waals surface area contributed by atoms with E-state index in [1.165, 1.54) is 17.8 Å². The largest absolute Gasteiger partial charge is 0.495 e. The molecule has 0 spiro atoms. The number of rotatable bonds is 5. The fourth-order valence-electron chi connectivity index (χ4n) is 4.75. The average Bonchev–Trinajstić information content (AvgIpc) is 3.51. The first-order valence-electron chi connectivity index (χ1n) is 10.2. The lowest BCUT2D eigenvalue weighted by Crippen LogP contribution is -2.37. The van der Waals surface area contributed by atoms with Crippen LogP contribution in [0, 0.1) is 17.6 Å². The summed E-state index contributed by atoms with van der Waals surface area (Å²) in [6.45, 7) is 1.67. The third-order valence-corrected chi connectivity index (χ3v) is 7.80. The van der Waals surface area contributed by atoms with E-state index in [9.17, 15) is 9.50 Å². The molecule has 0 saturated heterocycles. The van der Waals surface area contributed by atoms with E-state index >= 15 is 4.39 Å². The van der Waals surface area contributed by atoms with Crippen LogP contribution in [0.5, 0.6) is 5.75 Å². The lowest BCUT2D eigenvalue weighted by atomic mass is 9.84. The van der Waals surface area contributed by atoms with E-state index < -0.39 is 21.9 Å².